The second-order valence-electron chi connectivity index (χ2n) is 5.18. The SMILES string of the molecule is O=C(NCc1cccnc1-c1ccncc1)Nc1ccc(Cl)c(Cl)c1. The lowest BCUT2D eigenvalue weighted by Crippen LogP contribution is -2.28. The quantitative estimate of drug-likeness (QED) is 0.692. The van der Waals surface area contributed by atoms with Gasteiger partial charge in [-0.1, -0.05) is 29.3 Å². The van der Waals surface area contributed by atoms with Gasteiger partial charge >= 0.3 is 6.03 Å². The third-order valence-electron chi connectivity index (χ3n) is 3.46. The monoisotopic (exact) mass is 372 g/mol. The lowest BCUT2D eigenvalue weighted by Gasteiger charge is -2.11. The van der Waals surface area contributed by atoms with Crippen LogP contribution in [0.25, 0.3) is 11.3 Å². The Morgan fingerprint density at radius 1 is 1.00 bits per heavy atom. The van der Waals surface area contributed by atoms with Gasteiger partial charge in [0, 0.05) is 36.4 Å². The van der Waals surface area contributed by atoms with Gasteiger partial charge in [-0.3, -0.25) is 9.97 Å². The first-order valence-corrected chi connectivity index (χ1v) is 8.23. The third kappa shape index (κ3) is 4.47. The number of carbonyl (C=O) groups excluding carboxylic acids is 1. The summed E-state index contributed by atoms with van der Waals surface area (Å²) in [5, 5.41) is 6.34. The molecule has 0 aliphatic rings. The zero-order valence-corrected chi connectivity index (χ0v) is 14.6. The summed E-state index contributed by atoms with van der Waals surface area (Å²) >= 11 is 11.8. The van der Waals surface area contributed by atoms with Crippen LogP contribution in [0.1, 0.15) is 5.56 Å². The number of carbonyl (C=O) groups is 1. The highest BCUT2D eigenvalue weighted by molar-refractivity contribution is 6.42. The fourth-order valence-corrected chi connectivity index (χ4v) is 2.57. The number of hydrogen-bond acceptors (Lipinski definition) is 3. The van der Waals surface area contributed by atoms with Gasteiger partial charge in [-0.25, -0.2) is 4.79 Å². The summed E-state index contributed by atoms with van der Waals surface area (Å²) < 4.78 is 0. The molecule has 0 aliphatic carbocycles. The minimum absolute atomic E-state index is 0.332. The van der Waals surface area contributed by atoms with E-state index >= 15 is 0 Å². The molecule has 0 saturated heterocycles. The van der Waals surface area contributed by atoms with E-state index in [0.29, 0.717) is 22.3 Å². The van der Waals surface area contributed by atoms with E-state index in [2.05, 4.69) is 20.6 Å². The second kappa shape index (κ2) is 7.96. The molecular formula is C18H14Cl2N4O. The molecule has 0 atom stereocenters. The molecule has 5 nitrogen and oxygen atoms in total. The topological polar surface area (TPSA) is 66.9 Å². The Hall–Kier alpha value is -2.63. The van der Waals surface area contributed by atoms with Gasteiger partial charge in [0.1, 0.15) is 0 Å². The van der Waals surface area contributed by atoms with Crippen LogP contribution in [0.15, 0.2) is 61.1 Å². The van der Waals surface area contributed by atoms with E-state index in [1.54, 1.807) is 36.8 Å². The Balaban J connectivity index is 1.67. The number of pyridine rings is 2. The van der Waals surface area contributed by atoms with Crippen molar-refractivity contribution in [2.24, 2.45) is 0 Å². The van der Waals surface area contributed by atoms with Crippen molar-refractivity contribution in [2.75, 3.05) is 5.32 Å². The normalized spacial score (nSPS) is 10.3. The molecule has 0 fully saturated rings. The number of benzene rings is 1. The van der Waals surface area contributed by atoms with Gasteiger partial charge in [-0.2, -0.15) is 0 Å². The number of nitrogens with one attached hydrogen (secondary N) is 2. The minimum atomic E-state index is -0.345. The number of aromatic nitrogens is 2. The fraction of sp³-hybridized carbons (Fsp3) is 0.0556. The van der Waals surface area contributed by atoms with Crippen LogP contribution in [0.5, 0.6) is 0 Å². The molecule has 2 N–H and O–H groups in total. The van der Waals surface area contributed by atoms with Crippen LogP contribution in [0.3, 0.4) is 0 Å². The predicted octanol–water partition coefficient (Wildman–Crippen LogP) is 4.77. The van der Waals surface area contributed by atoms with Crippen molar-refractivity contribution in [3.63, 3.8) is 0 Å². The van der Waals surface area contributed by atoms with Crippen LogP contribution in [-0.4, -0.2) is 16.0 Å². The molecule has 0 radical (unpaired) electrons. The van der Waals surface area contributed by atoms with Gasteiger partial charge in [0.05, 0.1) is 15.7 Å². The largest absolute Gasteiger partial charge is 0.334 e. The van der Waals surface area contributed by atoms with Crippen LogP contribution in [0, 0.1) is 0 Å². The van der Waals surface area contributed by atoms with Crippen LogP contribution in [0.4, 0.5) is 10.5 Å². The van der Waals surface area contributed by atoms with Crippen molar-refractivity contribution in [3.05, 3.63) is 76.7 Å². The number of halogens is 2. The Morgan fingerprint density at radius 3 is 2.56 bits per heavy atom. The molecular weight excluding hydrogens is 359 g/mol. The standard InChI is InChI=1S/C18H14Cl2N4O/c19-15-4-3-14(10-16(15)20)24-18(25)23-11-13-2-1-7-22-17(13)12-5-8-21-9-6-12/h1-10H,11H2,(H2,23,24,25). The van der Waals surface area contributed by atoms with Crippen LogP contribution >= 0.6 is 23.2 Å². The zero-order valence-electron chi connectivity index (χ0n) is 13.0. The summed E-state index contributed by atoms with van der Waals surface area (Å²) in [5.41, 5.74) is 3.21. The number of rotatable bonds is 4. The molecule has 2 aromatic heterocycles. The van der Waals surface area contributed by atoms with E-state index in [1.807, 2.05) is 24.3 Å². The molecule has 0 spiro atoms. The van der Waals surface area contributed by atoms with Gasteiger partial charge in [0.15, 0.2) is 0 Å². The summed E-state index contributed by atoms with van der Waals surface area (Å²) in [7, 11) is 0. The Morgan fingerprint density at radius 2 is 1.80 bits per heavy atom. The predicted molar refractivity (Wildman–Crippen MR) is 99.8 cm³/mol. The second-order valence-corrected chi connectivity index (χ2v) is 6.00. The molecule has 126 valence electrons. The summed E-state index contributed by atoms with van der Waals surface area (Å²) in [5.74, 6) is 0. The molecule has 7 heteroatoms. The Kier molecular flexibility index (Phi) is 5.48. The summed E-state index contributed by atoms with van der Waals surface area (Å²) in [6.45, 7) is 0.332. The van der Waals surface area contributed by atoms with Crippen molar-refractivity contribution in [3.8, 4) is 11.3 Å². The Labute approximate surface area is 155 Å². The number of urea groups is 1. The minimum Gasteiger partial charge on any atom is -0.334 e. The van der Waals surface area contributed by atoms with Crippen LogP contribution in [-0.2, 0) is 6.54 Å². The molecule has 1 aromatic carbocycles. The first kappa shape index (κ1) is 17.2. The van der Waals surface area contributed by atoms with E-state index in [9.17, 15) is 4.79 Å². The molecule has 2 heterocycles. The van der Waals surface area contributed by atoms with E-state index in [4.69, 9.17) is 23.2 Å². The first-order valence-electron chi connectivity index (χ1n) is 7.47. The van der Waals surface area contributed by atoms with Gasteiger partial charge in [0.2, 0.25) is 0 Å². The highest BCUT2D eigenvalue weighted by Crippen LogP contribution is 2.25. The van der Waals surface area contributed by atoms with Crippen molar-refractivity contribution in [2.45, 2.75) is 6.54 Å². The number of anilines is 1. The molecule has 3 rings (SSSR count). The molecule has 0 aliphatic heterocycles. The van der Waals surface area contributed by atoms with Gasteiger partial charge in [-0.05, 0) is 42.0 Å². The smallest absolute Gasteiger partial charge is 0.319 e. The summed E-state index contributed by atoms with van der Waals surface area (Å²) in [4.78, 5) is 20.5. The molecule has 2 amide bonds. The van der Waals surface area contributed by atoms with Crippen molar-refractivity contribution in [1.82, 2.24) is 15.3 Å². The first-order chi connectivity index (χ1) is 12.1. The highest BCUT2D eigenvalue weighted by Gasteiger charge is 2.08. The lowest BCUT2D eigenvalue weighted by molar-refractivity contribution is 0.252. The van der Waals surface area contributed by atoms with Gasteiger partial charge in [0.25, 0.3) is 0 Å². The highest BCUT2D eigenvalue weighted by atomic mass is 35.5. The molecule has 0 bridgehead atoms. The maximum Gasteiger partial charge on any atom is 0.319 e. The van der Waals surface area contributed by atoms with Crippen molar-refractivity contribution in [1.29, 1.82) is 0 Å². The maximum absolute atomic E-state index is 12.1. The Bertz CT molecular complexity index is 887. The lowest BCUT2D eigenvalue weighted by atomic mass is 10.1. The zero-order chi connectivity index (χ0) is 17.6. The fourth-order valence-electron chi connectivity index (χ4n) is 2.28. The summed E-state index contributed by atoms with van der Waals surface area (Å²) in [6, 6.07) is 12.1. The van der Waals surface area contributed by atoms with E-state index in [-0.39, 0.29) is 6.03 Å². The third-order valence-corrected chi connectivity index (χ3v) is 4.20. The van der Waals surface area contributed by atoms with Crippen molar-refractivity contribution >= 4 is 34.9 Å². The summed E-state index contributed by atoms with van der Waals surface area (Å²) in [6.07, 6.45) is 5.13. The average molecular weight is 373 g/mol. The molecule has 0 saturated carbocycles. The van der Waals surface area contributed by atoms with Crippen molar-refractivity contribution < 1.29 is 4.79 Å². The number of nitrogens with zero attached hydrogens (tertiary/aromatic N) is 2. The maximum atomic E-state index is 12.1. The molecule has 0 unspecified atom stereocenters. The van der Waals surface area contributed by atoms with E-state index < -0.39 is 0 Å². The van der Waals surface area contributed by atoms with Gasteiger partial charge in [-0.15, -0.1) is 0 Å². The number of hydrogen-bond donors (Lipinski definition) is 2. The van der Waals surface area contributed by atoms with E-state index in [0.717, 1.165) is 16.8 Å². The van der Waals surface area contributed by atoms with E-state index in [1.165, 1.54) is 0 Å². The molecule has 3 aromatic rings. The van der Waals surface area contributed by atoms with Gasteiger partial charge < -0.3 is 10.6 Å². The average Bonchev–Trinajstić information content (AvgIpc) is 2.64. The van der Waals surface area contributed by atoms with Crippen LogP contribution < -0.4 is 10.6 Å². The van der Waals surface area contributed by atoms with Crippen LogP contribution in [0.2, 0.25) is 10.0 Å². The molecule has 25 heavy (non-hydrogen) atoms. The number of amides is 2.